The Labute approximate surface area is 103 Å². The summed E-state index contributed by atoms with van der Waals surface area (Å²) in [6.07, 6.45) is 11.8. The van der Waals surface area contributed by atoms with Crippen LogP contribution < -0.4 is 11.1 Å². The fourth-order valence-corrected chi connectivity index (χ4v) is 2.12. The second-order valence-electron chi connectivity index (χ2n) is 4.75. The van der Waals surface area contributed by atoms with E-state index in [1.807, 2.05) is 0 Å². The molecule has 1 fully saturated rings. The first-order valence-corrected chi connectivity index (χ1v) is 6.23. The summed E-state index contributed by atoms with van der Waals surface area (Å²) in [6, 6.07) is 0. The molecule has 0 saturated heterocycles. The largest absolute Gasteiger partial charge is 0.370 e. The van der Waals surface area contributed by atoms with Crippen molar-refractivity contribution in [2.24, 2.45) is 5.73 Å². The van der Waals surface area contributed by atoms with Crippen molar-refractivity contribution in [3.63, 3.8) is 0 Å². The number of rotatable bonds is 5. The maximum absolute atomic E-state index is 11.2. The van der Waals surface area contributed by atoms with Crippen LogP contribution in [0.25, 0.3) is 0 Å². The minimum absolute atomic E-state index is 0.0423. The number of carbonyl (C=O) groups excluding carboxylic acids is 1. The Balaban J connectivity index is 2.20. The number of ether oxygens (including phenoxy) is 1. The first-order chi connectivity index (χ1) is 8.16. The van der Waals surface area contributed by atoms with Gasteiger partial charge < -0.3 is 15.8 Å². The van der Waals surface area contributed by atoms with Crippen LogP contribution in [0.15, 0.2) is 0 Å². The molecule has 0 radical (unpaired) electrons. The smallest absolute Gasteiger partial charge is 0.246 e. The average Bonchev–Trinajstić information content (AvgIpc) is 2.52. The minimum Gasteiger partial charge on any atom is -0.370 e. The van der Waals surface area contributed by atoms with E-state index in [0.29, 0.717) is 6.61 Å². The second kappa shape index (κ2) is 7.31. The molecule has 1 saturated carbocycles. The zero-order valence-electron chi connectivity index (χ0n) is 10.3. The van der Waals surface area contributed by atoms with Gasteiger partial charge in [0.15, 0.2) is 0 Å². The molecular weight excluding hydrogens is 216 g/mol. The quantitative estimate of drug-likeness (QED) is 0.550. The van der Waals surface area contributed by atoms with Crippen LogP contribution in [0.2, 0.25) is 0 Å². The lowest BCUT2D eigenvalue weighted by molar-refractivity contribution is -0.126. The standard InChI is InChI=1S/C13H22N2O2/c1-2-9-15-12(16)10-17-11-13(14)7-5-3-4-6-8-13/h1H,3-11,14H2,(H,15,16). The van der Waals surface area contributed by atoms with Gasteiger partial charge in [-0.15, -0.1) is 6.42 Å². The molecule has 96 valence electrons. The topological polar surface area (TPSA) is 64.3 Å². The Bertz CT molecular complexity index is 276. The van der Waals surface area contributed by atoms with E-state index in [1.54, 1.807) is 0 Å². The molecule has 0 aromatic rings. The van der Waals surface area contributed by atoms with Crippen LogP contribution >= 0.6 is 0 Å². The van der Waals surface area contributed by atoms with Gasteiger partial charge in [0.2, 0.25) is 5.91 Å². The molecule has 0 unspecified atom stereocenters. The summed E-state index contributed by atoms with van der Waals surface area (Å²) in [4.78, 5) is 11.2. The van der Waals surface area contributed by atoms with Crippen molar-refractivity contribution in [3.8, 4) is 12.3 Å². The summed E-state index contributed by atoms with van der Waals surface area (Å²) < 4.78 is 5.38. The van der Waals surface area contributed by atoms with E-state index < -0.39 is 0 Å². The van der Waals surface area contributed by atoms with Crippen molar-refractivity contribution in [1.82, 2.24) is 5.32 Å². The third-order valence-electron chi connectivity index (χ3n) is 3.11. The summed E-state index contributed by atoms with van der Waals surface area (Å²) in [5.41, 5.74) is 6.01. The van der Waals surface area contributed by atoms with Crippen molar-refractivity contribution >= 4 is 5.91 Å². The molecule has 1 aliphatic carbocycles. The summed E-state index contributed by atoms with van der Waals surface area (Å²) in [6.45, 7) is 0.743. The third-order valence-corrected chi connectivity index (χ3v) is 3.11. The molecule has 0 spiro atoms. The molecule has 0 atom stereocenters. The monoisotopic (exact) mass is 238 g/mol. The van der Waals surface area contributed by atoms with Crippen LogP contribution in [0.3, 0.4) is 0 Å². The highest BCUT2D eigenvalue weighted by Gasteiger charge is 2.26. The predicted molar refractivity (Wildman–Crippen MR) is 67.3 cm³/mol. The lowest BCUT2D eigenvalue weighted by Gasteiger charge is -2.27. The van der Waals surface area contributed by atoms with Gasteiger partial charge in [-0.1, -0.05) is 31.6 Å². The fraction of sp³-hybridized carbons (Fsp3) is 0.769. The zero-order valence-corrected chi connectivity index (χ0v) is 10.3. The molecule has 0 heterocycles. The Morgan fingerprint density at radius 2 is 2.00 bits per heavy atom. The van der Waals surface area contributed by atoms with Crippen LogP contribution in [0.1, 0.15) is 38.5 Å². The lowest BCUT2D eigenvalue weighted by Crippen LogP contribution is -2.44. The molecule has 0 aromatic heterocycles. The SMILES string of the molecule is C#CCNC(=O)COCC1(N)CCCCCC1. The van der Waals surface area contributed by atoms with Crippen LogP contribution in [0, 0.1) is 12.3 Å². The summed E-state index contributed by atoms with van der Waals surface area (Å²) in [5.74, 6) is 2.16. The molecule has 0 bridgehead atoms. The first-order valence-electron chi connectivity index (χ1n) is 6.23. The molecule has 0 aliphatic heterocycles. The van der Waals surface area contributed by atoms with Crippen molar-refractivity contribution in [1.29, 1.82) is 0 Å². The van der Waals surface area contributed by atoms with Crippen LogP contribution in [0.4, 0.5) is 0 Å². The molecule has 17 heavy (non-hydrogen) atoms. The van der Waals surface area contributed by atoms with E-state index in [0.717, 1.165) is 25.7 Å². The van der Waals surface area contributed by atoms with Crippen LogP contribution in [0.5, 0.6) is 0 Å². The van der Waals surface area contributed by atoms with Gasteiger partial charge in [-0.2, -0.15) is 0 Å². The highest BCUT2D eigenvalue weighted by molar-refractivity contribution is 5.77. The molecule has 1 amide bonds. The molecule has 3 N–H and O–H groups in total. The van der Waals surface area contributed by atoms with E-state index in [-0.39, 0.29) is 24.6 Å². The van der Waals surface area contributed by atoms with Gasteiger partial charge in [0, 0.05) is 5.54 Å². The number of carbonyl (C=O) groups is 1. The Kier molecular flexibility index (Phi) is 6.03. The number of hydrogen-bond donors (Lipinski definition) is 2. The van der Waals surface area contributed by atoms with Crippen LogP contribution in [-0.4, -0.2) is 31.2 Å². The first kappa shape index (κ1) is 14.0. The van der Waals surface area contributed by atoms with Crippen molar-refractivity contribution in [3.05, 3.63) is 0 Å². The number of hydrogen-bond acceptors (Lipinski definition) is 3. The molecule has 4 heteroatoms. The minimum atomic E-state index is -0.247. The van der Waals surface area contributed by atoms with E-state index >= 15 is 0 Å². The van der Waals surface area contributed by atoms with Crippen LogP contribution in [-0.2, 0) is 9.53 Å². The zero-order chi connectivity index (χ0) is 12.6. The summed E-state index contributed by atoms with van der Waals surface area (Å²) in [5, 5.41) is 2.55. The number of nitrogens with two attached hydrogens (primary N) is 1. The number of nitrogens with one attached hydrogen (secondary N) is 1. The number of amides is 1. The second-order valence-corrected chi connectivity index (χ2v) is 4.75. The Morgan fingerprint density at radius 1 is 1.35 bits per heavy atom. The van der Waals surface area contributed by atoms with E-state index in [2.05, 4.69) is 11.2 Å². The van der Waals surface area contributed by atoms with E-state index in [9.17, 15) is 4.79 Å². The van der Waals surface area contributed by atoms with Gasteiger partial charge >= 0.3 is 0 Å². The van der Waals surface area contributed by atoms with Gasteiger partial charge in [0.1, 0.15) is 6.61 Å². The Hall–Kier alpha value is -1.05. The fourth-order valence-electron chi connectivity index (χ4n) is 2.12. The molecule has 4 nitrogen and oxygen atoms in total. The van der Waals surface area contributed by atoms with E-state index in [4.69, 9.17) is 16.9 Å². The normalized spacial score (nSPS) is 19.1. The number of terminal acetylenes is 1. The molecule has 1 rings (SSSR count). The van der Waals surface area contributed by atoms with Gasteiger partial charge in [0.05, 0.1) is 13.2 Å². The van der Waals surface area contributed by atoms with Crippen molar-refractivity contribution < 1.29 is 9.53 Å². The maximum Gasteiger partial charge on any atom is 0.246 e. The van der Waals surface area contributed by atoms with Gasteiger partial charge in [-0.25, -0.2) is 0 Å². The highest BCUT2D eigenvalue weighted by atomic mass is 16.5. The summed E-state index contributed by atoms with van der Waals surface area (Å²) in [7, 11) is 0. The third kappa shape index (κ3) is 5.71. The van der Waals surface area contributed by atoms with Gasteiger partial charge in [-0.05, 0) is 12.8 Å². The van der Waals surface area contributed by atoms with Crippen molar-refractivity contribution in [2.75, 3.05) is 19.8 Å². The predicted octanol–water partition coefficient (Wildman–Crippen LogP) is 0.804. The highest BCUT2D eigenvalue weighted by Crippen LogP contribution is 2.24. The molecule has 1 aliphatic rings. The average molecular weight is 238 g/mol. The molecule has 0 aromatic carbocycles. The van der Waals surface area contributed by atoms with Crippen molar-refractivity contribution in [2.45, 2.75) is 44.1 Å². The van der Waals surface area contributed by atoms with E-state index in [1.165, 1.54) is 12.8 Å². The summed E-state index contributed by atoms with van der Waals surface area (Å²) >= 11 is 0. The molecular formula is C13H22N2O2. The Morgan fingerprint density at radius 3 is 2.59 bits per heavy atom. The lowest BCUT2D eigenvalue weighted by atomic mass is 9.93. The van der Waals surface area contributed by atoms with Gasteiger partial charge in [0.25, 0.3) is 0 Å². The van der Waals surface area contributed by atoms with Gasteiger partial charge in [-0.3, -0.25) is 4.79 Å². The maximum atomic E-state index is 11.2.